The number of rotatable bonds is 6. The minimum atomic E-state index is -0.196. The van der Waals surface area contributed by atoms with Crippen LogP contribution in [0, 0.1) is 6.92 Å². The first kappa shape index (κ1) is 29.2. The van der Waals surface area contributed by atoms with Crippen molar-refractivity contribution in [3.63, 3.8) is 0 Å². The molecule has 2 aliphatic rings. The van der Waals surface area contributed by atoms with Gasteiger partial charge in [0, 0.05) is 54.3 Å². The lowest BCUT2D eigenvalue weighted by Gasteiger charge is -2.32. The second kappa shape index (κ2) is 11.8. The van der Waals surface area contributed by atoms with Gasteiger partial charge in [-0.25, -0.2) is 9.97 Å². The number of nitrogens with two attached hydrogens (primary N) is 1. The Morgan fingerprint density at radius 2 is 1.67 bits per heavy atom. The van der Waals surface area contributed by atoms with Gasteiger partial charge in [0.2, 0.25) is 0 Å². The number of aromatic nitrogens is 3. The van der Waals surface area contributed by atoms with Gasteiger partial charge < -0.3 is 20.9 Å². The zero-order valence-electron chi connectivity index (χ0n) is 25.6. The van der Waals surface area contributed by atoms with Crippen molar-refractivity contribution < 1.29 is 9.59 Å². The number of hydrogen-bond donors (Lipinski definition) is 2. The molecular weight excluding hydrogens is 582 g/mol. The Balaban J connectivity index is 1.15. The molecule has 7 rings (SSSR count). The Bertz CT molecular complexity index is 1880. The number of amides is 2. The van der Waals surface area contributed by atoms with Crippen LogP contribution in [0.15, 0.2) is 72.2 Å². The molecule has 2 fully saturated rings. The number of likely N-dealkylation sites (N-methyl/N-ethyl adjacent to an activating group) is 1. The number of nitrogen functional groups attached to an aromatic ring is 1. The molecule has 1 aliphatic heterocycles. The molecule has 230 valence electrons. The van der Waals surface area contributed by atoms with Crippen molar-refractivity contribution in [2.24, 2.45) is 0 Å². The SMILES string of the molecule is Cc1nc2cc(C(=O)N3CCN(C)CC3)ccn2c1-c1csc(C2(c3ccc(C(=O)Nc4ccccc4N)cc3)CCCC2)n1. The lowest BCUT2D eigenvalue weighted by atomic mass is 9.79. The summed E-state index contributed by atoms with van der Waals surface area (Å²) in [6, 6.07) is 19.0. The topological polar surface area (TPSA) is 109 Å². The molecule has 2 amide bonds. The van der Waals surface area contributed by atoms with Crippen molar-refractivity contribution in [2.45, 2.75) is 38.0 Å². The summed E-state index contributed by atoms with van der Waals surface area (Å²) in [6.07, 6.45) is 6.23. The Hall–Kier alpha value is -4.54. The molecule has 10 heteroatoms. The van der Waals surface area contributed by atoms with Crippen molar-refractivity contribution >= 4 is 40.2 Å². The summed E-state index contributed by atoms with van der Waals surface area (Å²) < 4.78 is 2.04. The van der Waals surface area contributed by atoms with Crippen molar-refractivity contribution in [2.75, 3.05) is 44.3 Å². The number of imidazole rings is 1. The van der Waals surface area contributed by atoms with E-state index >= 15 is 0 Å². The molecule has 0 atom stereocenters. The lowest BCUT2D eigenvalue weighted by molar-refractivity contribution is 0.0664. The zero-order valence-corrected chi connectivity index (χ0v) is 26.4. The fraction of sp³-hybridized carbons (Fsp3) is 0.314. The van der Waals surface area contributed by atoms with Crippen LogP contribution in [0.3, 0.4) is 0 Å². The third-order valence-corrected chi connectivity index (χ3v) is 10.4. The molecule has 9 nitrogen and oxygen atoms in total. The van der Waals surface area contributed by atoms with Gasteiger partial charge in [0.25, 0.3) is 11.8 Å². The maximum Gasteiger partial charge on any atom is 0.255 e. The van der Waals surface area contributed by atoms with Crippen LogP contribution in [0.1, 0.15) is 62.7 Å². The van der Waals surface area contributed by atoms with E-state index in [-0.39, 0.29) is 17.2 Å². The van der Waals surface area contributed by atoms with Gasteiger partial charge in [0.05, 0.1) is 22.8 Å². The highest BCUT2D eigenvalue weighted by molar-refractivity contribution is 7.10. The van der Waals surface area contributed by atoms with Crippen LogP contribution in [0.25, 0.3) is 17.0 Å². The third-order valence-electron chi connectivity index (χ3n) is 9.36. The number of para-hydroxylation sites is 2. The maximum atomic E-state index is 13.2. The molecule has 0 radical (unpaired) electrons. The lowest BCUT2D eigenvalue weighted by Crippen LogP contribution is -2.47. The second-order valence-corrected chi connectivity index (χ2v) is 13.1. The fourth-order valence-corrected chi connectivity index (χ4v) is 7.84. The van der Waals surface area contributed by atoms with E-state index in [1.54, 1.807) is 23.5 Å². The Morgan fingerprint density at radius 3 is 2.40 bits per heavy atom. The molecule has 4 heterocycles. The van der Waals surface area contributed by atoms with Gasteiger partial charge >= 0.3 is 0 Å². The molecule has 3 aromatic heterocycles. The first-order valence-corrected chi connectivity index (χ1v) is 16.4. The molecule has 3 N–H and O–H groups in total. The number of nitrogens with one attached hydrogen (secondary N) is 1. The second-order valence-electron chi connectivity index (χ2n) is 12.2. The molecular formula is C35H37N7O2S. The van der Waals surface area contributed by atoms with Crippen LogP contribution < -0.4 is 11.1 Å². The minimum absolute atomic E-state index is 0.0552. The summed E-state index contributed by atoms with van der Waals surface area (Å²) in [7, 11) is 2.09. The first-order chi connectivity index (χ1) is 21.8. The van der Waals surface area contributed by atoms with E-state index in [2.05, 4.69) is 34.8 Å². The van der Waals surface area contributed by atoms with E-state index in [9.17, 15) is 9.59 Å². The normalized spacial score (nSPS) is 16.7. The number of thiazole rings is 1. The van der Waals surface area contributed by atoms with E-state index in [1.807, 2.05) is 58.8 Å². The minimum Gasteiger partial charge on any atom is -0.397 e. The van der Waals surface area contributed by atoms with Gasteiger partial charge in [-0.3, -0.25) is 14.0 Å². The van der Waals surface area contributed by atoms with Crippen molar-refractivity contribution in [3.8, 4) is 11.4 Å². The summed E-state index contributed by atoms with van der Waals surface area (Å²) in [5, 5.41) is 6.13. The molecule has 45 heavy (non-hydrogen) atoms. The molecule has 1 aliphatic carbocycles. The predicted octanol–water partition coefficient (Wildman–Crippen LogP) is 5.85. The van der Waals surface area contributed by atoms with Gasteiger partial charge in [-0.1, -0.05) is 37.1 Å². The van der Waals surface area contributed by atoms with Gasteiger partial charge in [-0.2, -0.15) is 0 Å². The Labute approximate surface area is 266 Å². The van der Waals surface area contributed by atoms with Crippen LogP contribution >= 0.6 is 11.3 Å². The van der Waals surface area contributed by atoms with Crippen molar-refractivity contribution in [1.29, 1.82) is 0 Å². The highest BCUT2D eigenvalue weighted by Crippen LogP contribution is 2.48. The average molecular weight is 620 g/mol. The number of piperazine rings is 1. The Kier molecular flexibility index (Phi) is 7.63. The molecule has 0 spiro atoms. The monoisotopic (exact) mass is 619 g/mol. The summed E-state index contributed by atoms with van der Waals surface area (Å²) in [6.45, 7) is 5.25. The summed E-state index contributed by atoms with van der Waals surface area (Å²) in [5.74, 6) is -0.132. The highest BCUT2D eigenvalue weighted by Gasteiger charge is 2.40. The van der Waals surface area contributed by atoms with E-state index in [1.165, 1.54) is 5.56 Å². The Morgan fingerprint density at radius 1 is 0.933 bits per heavy atom. The zero-order chi connectivity index (χ0) is 31.1. The molecule has 1 saturated heterocycles. The van der Waals surface area contributed by atoms with Crippen molar-refractivity contribution in [3.05, 3.63) is 99.6 Å². The smallest absolute Gasteiger partial charge is 0.255 e. The molecule has 5 aromatic rings. The quantitative estimate of drug-likeness (QED) is 0.231. The summed E-state index contributed by atoms with van der Waals surface area (Å²) in [5.41, 5.74) is 12.9. The molecule has 0 unspecified atom stereocenters. The molecule has 1 saturated carbocycles. The van der Waals surface area contributed by atoms with E-state index in [0.717, 1.165) is 79.6 Å². The van der Waals surface area contributed by atoms with Crippen LogP contribution in [-0.2, 0) is 5.41 Å². The number of nitrogens with zero attached hydrogens (tertiary/aromatic N) is 5. The predicted molar refractivity (Wildman–Crippen MR) is 179 cm³/mol. The van der Waals surface area contributed by atoms with E-state index < -0.39 is 0 Å². The van der Waals surface area contributed by atoms with Crippen LogP contribution in [-0.4, -0.2) is 69.2 Å². The number of anilines is 2. The van der Waals surface area contributed by atoms with Crippen LogP contribution in [0.5, 0.6) is 0 Å². The number of carbonyl (C=O) groups excluding carboxylic acids is 2. The molecule has 2 aromatic carbocycles. The van der Waals surface area contributed by atoms with Crippen molar-refractivity contribution in [1.82, 2.24) is 24.2 Å². The van der Waals surface area contributed by atoms with Gasteiger partial charge in [-0.05, 0) is 68.8 Å². The summed E-state index contributed by atoms with van der Waals surface area (Å²) >= 11 is 1.69. The summed E-state index contributed by atoms with van der Waals surface area (Å²) in [4.78, 5) is 40.4. The van der Waals surface area contributed by atoms with Gasteiger partial charge in [0.15, 0.2) is 0 Å². The number of carbonyl (C=O) groups is 2. The van der Waals surface area contributed by atoms with E-state index in [4.69, 9.17) is 15.7 Å². The van der Waals surface area contributed by atoms with Crippen LogP contribution in [0.2, 0.25) is 0 Å². The fourth-order valence-electron chi connectivity index (χ4n) is 6.75. The molecule has 0 bridgehead atoms. The number of pyridine rings is 1. The first-order valence-electron chi connectivity index (χ1n) is 15.5. The number of hydrogen-bond acceptors (Lipinski definition) is 7. The van der Waals surface area contributed by atoms with Crippen LogP contribution in [0.4, 0.5) is 11.4 Å². The largest absolute Gasteiger partial charge is 0.397 e. The third kappa shape index (κ3) is 5.38. The van der Waals surface area contributed by atoms with E-state index in [0.29, 0.717) is 22.5 Å². The van der Waals surface area contributed by atoms with Gasteiger partial charge in [-0.15, -0.1) is 11.3 Å². The average Bonchev–Trinajstić information content (AvgIpc) is 3.81. The number of aryl methyl sites for hydroxylation is 1. The number of fused-ring (bicyclic) bond motifs is 1. The van der Waals surface area contributed by atoms with Gasteiger partial charge in [0.1, 0.15) is 16.3 Å². The highest BCUT2D eigenvalue weighted by atomic mass is 32.1. The standard InChI is InChI=1S/C35H37N7O2S/c1-23-31(42-16-13-25(21-30(42)37-23)33(44)41-19-17-40(2)18-20-41)29-22-45-34(39-29)35(14-5-6-15-35)26-11-9-24(10-12-26)32(43)38-28-8-4-3-7-27(28)36/h3-4,7-13,16,21-22H,5-6,14-15,17-20,36H2,1-2H3,(H,38,43). The number of benzene rings is 2. The maximum absolute atomic E-state index is 13.2.